The monoisotopic (exact) mass is 493 g/mol. The topological polar surface area (TPSA) is 149 Å². The molecule has 0 atom stereocenters. The van der Waals surface area contributed by atoms with Gasteiger partial charge in [-0.2, -0.15) is 4.98 Å². The number of nitrogens with zero attached hydrogens (tertiary/aromatic N) is 5. The molecular formula is C24H27N7O5. The Morgan fingerprint density at radius 3 is 2.39 bits per heavy atom. The Hall–Kier alpha value is -4.32. The number of nitro groups is 2. The zero-order chi connectivity index (χ0) is 25.3. The molecule has 1 saturated heterocycles. The fraction of sp³-hybridized carbons (Fsp3) is 0.333. The number of likely N-dealkylation sites (tertiary alicyclic amines) is 1. The molecule has 188 valence electrons. The molecule has 1 aliphatic rings. The number of nitrogens with one attached hydrogen (secondary N) is 2. The highest BCUT2D eigenvalue weighted by atomic mass is 16.6. The highest BCUT2D eigenvalue weighted by molar-refractivity contribution is 5.61. The zero-order valence-corrected chi connectivity index (χ0v) is 19.6. The van der Waals surface area contributed by atoms with Crippen LogP contribution in [-0.2, 0) is 6.54 Å². The summed E-state index contributed by atoms with van der Waals surface area (Å²) < 4.78 is 5.84. The van der Waals surface area contributed by atoms with E-state index >= 15 is 0 Å². The highest BCUT2D eigenvalue weighted by Crippen LogP contribution is 2.26. The Morgan fingerprint density at radius 2 is 1.67 bits per heavy atom. The smallest absolute Gasteiger partial charge is 0.329 e. The largest absolute Gasteiger partial charge is 0.492 e. The number of anilines is 3. The third-order valence-electron chi connectivity index (χ3n) is 5.84. The minimum absolute atomic E-state index is 0.0160. The Labute approximate surface area is 207 Å². The first-order valence-corrected chi connectivity index (χ1v) is 11.7. The third-order valence-corrected chi connectivity index (χ3v) is 5.84. The molecule has 0 amide bonds. The van der Waals surface area contributed by atoms with Crippen molar-refractivity contribution in [3.63, 3.8) is 0 Å². The number of nitro benzene ring substituents is 1. The molecule has 1 aliphatic heterocycles. The summed E-state index contributed by atoms with van der Waals surface area (Å²) in [5.41, 5.74) is 0.632. The van der Waals surface area contributed by atoms with E-state index in [-0.39, 0.29) is 29.7 Å². The van der Waals surface area contributed by atoms with Gasteiger partial charge in [-0.05, 0) is 50.2 Å². The van der Waals surface area contributed by atoms with Crippen LogP contribution in [0.1, 0.15) is 24.8 Å². The van der Waals surface area contributed by atoms with Crippen LogP contribution in [0.2, 0.25) is 0 Å². The Bertz CT molecular complexity index is 1200. The summed E-state index contributed by atoms with van der Waals surface area (Å²) in [5.74, 6) is 0.840. The van der Waals surface area contributed by atoms with Crippen LogP contribution in [0.15, 0.2) is 54.7 Å². The summed E-state index contributed by atoms with van der Waals surface area (Å²) in [6.45, 7) is 3.75. The molecule has 0 unspecified atom stereocenters. The van der Waals surface area contributed by atoms with Crippen LogP contribution in [0.3, 0.4) is 0 Å². The van der Waals surface area contributed by atoms with Crippen LogP contribution in [0, 0.1) is 20.2 Å². The van der Waals surface area contributed by atoms with Crippen molar-refractivity contribution in [3.8, 4) is 5.75 Å². The average molecular weight is 494 g/mol. The van der Waals surface area contributed by atoms with Crippen LogP contribution in [0.25, 0.3) is 0 Å². The SMILES string of the molecule is O=[N+]([O-])c1ccccc1CNc1nc(Nc2ccc(OCCN3CCCCC3)cc2)ncc1[N+](=O)[O-]. The molecule has 2 N–H and O–H groups in total. The first-order chi connectivity index (χ1) is 17.5. The van der Waals surface area contributed by atoms with Crippen LogP contribution in [-0.4, -0.2) is 51.0 Å². The summed E-state index contributed by atoms with van der Waals surface area (Å²) in [4.78, 5) is 32.2. The molecule has 0 aliphatic carbocycles. The molecule has 0 saturated carbocycles. The number of piperidine rings is 1. The summed E-state index contributed by atoms with van der Waals surface area (Å²) in [6, 6.07) is 13.4. The van der Waals surface area contributed by atoms with Gasteiger partial charge in [0.05, 0.1) is 9.85 Å². The van der Waals surface area contributed by atoms with Gasteiger partial charge >= 0.3 is 5.69 Å². The summed E-state index contributed by atoms with van der Waals surface area (Å²) >= 11 is 0. The lowest BCUT2D eigenvalue weighted by Gasteiger charge is -2.26. The molecule has 0 spiro atoms. The molecule has 0 radical (unpaired) electrons. The number of rotatable bonds is 11. The van der Waals surface area contributed by atoms with Crippen LogP contribution in [0.4, 0.5) is 28.8 Å². The molecule has 3 aromatic rings. The number of hydrogen-bond acceptors (Lipinski definition) is 10. The standard InChI is InChI=1S/C24H27N7O5/c32-30(33)21-7-3-2-6-18(21)16-25-23-22(31(34)35)17-26-24(28-23)27-19-8-10-20(11-9-19)36-15-14-29-12-4-1-5-13-29/h2-3,6-11,17H,1,4-5,12-16H2,(H2,25,26,27,28). The maximum atomic E-state index is 11.4. The molecule has 36 heavy (non-hydrogen) atoms. The van der Waals surface area contributed by atoms with Crippen molar-refractivity contribution < 1.29 is 14.6 Å². The lowest BCUT2D eigenvalue weighted by molar-refractivity contribution is -0.385. The van der Waals surface area contributed by atoms with Gasteiger partial charge in [0, 0.05) is 30.4 Å². The van der Waals surface area contributed by atoms with Gasteiger partial charge in [0.15, 0.2) is 0 Å². The fourth-order valence-electron chi connectivity index (χ4n) is 3.96. The normalized spacial score (nSPS) is 13.7. The molecule has 1 aromatic heterocycles. The van der Waals surface area contributed by atoms with E-state index in [0.717, 1.165) is 31.6 Å². The Morgan fingerprint density at radius 1 is 0.944 bits per heavy atom. The molecular weight excluding hydrogens is 466 g/mol. The van der Waals surface area contributed by atoms with E-state index in [4.69, 9.17) is 4.74 Å². The molecule has 2 heterocycles. The number of aromatic nitrogens is 2. The predicted molar refractivity (Wildman–Crippen MR) is 135 cm³/mol. The van der Waals surface area contributed by atoms with Gasteiger partial charge in [-0.1, -0.05) is 24.6 Å². The van der Waals surface area contributed by atoms with Crippen molar-refractivity contribution in [2.75, 3.05) is 36.9 Å². The summed E-state index contributed by atoms with van der Waals surface area (Å²) in [5, 5.41) is 28.5. The fourth-order valence-corrected chi connectivity index (χ4v) is 3.96. The minimum atomic E-state index is -0.610. The third kappa shape index (κ3) is 6.63. The van der Waals surface area contributed by atoms with Gasteiger partial charge < -0.3 is 15.4 Å². The lowest BCUT2D eigenvalue weighted by Crippen LogP contribution is -2.33. The summed E-state index contributed by atoms with van der Waals surface area (Å²) in [6.07, 6.45) is 4.88. The molecule has 0 bridgehead atoms. The lowest BCUT2D eigenvalue weighted by atomic mass is 10.1. The second-order valence-electron chi connectivity index (χ2n) is 8.32. The van der Waals surface area contributed by atoms with Crippen molar-refractivity contribution in [2.45, 2.75) is 25.8 Å². The zero-order valence-electron chi connectivity index (χ0n) is 19.6. The van der Waals surface area contributed by atoms with Crippen molar-refractivity contribution in [1.82, 2.24) is 14.9 Å². The van der Waals surface area contributed by atoms with Gasteiger partial charge in [0.1, 0.15) is 18.6 Å². The van der Waals surface area contributed by atoms with E-state index in [1.54, 1.807) is 30.3 Å². The van der Waals surface area contributed by atoms with E-state index in [0.29, 0.717) is 17.9 Å². The predicted octanol–water partition coefficient (Wildman–Crippen LogP) is 4.51. The van der Waals surface area contributed by atoms with E-state index in [1.807, 2.05) is 12.1 Å². The van der Waals surface area contributed by atoms with Gasteiger partial charge in [-0.25, -0.2) is 4.98 Å². The van der Waals surface area contributed by atoms with Crippen LogP contribution in [0.5, 0.6) is 5.75 Å². The van der Waals surface area contributed by atoms with E-state index in [1.165, 1.54) is 25.3 Å². The number of hydrogen-bond donors (Lipinski definition) is 2. The number of ether oxygens (including phenoxy) is 1. The van der Waals surface area contributed by atoms with Crippen molar-refractivity contribution in [2.24, 2.45) is 0 Å². The van der Waals surface area contributed by atoms with Crippen molar-refractivity contribution in [1.29, 1.82) is 0 Å². The van der Waals surface area contributed by atoms with Crippen molar-refractivity contribution in [3.05, 3.63) is 80.5 Å². The second-order valence-corrected chi connectivity index (χ2v) is 8.32. The van der Waals surface area contributed by atoms with Crippen LogP contribution < -0.4 is 15.4 Å². The van der Waals surface area contributed by atoms with E-state index < -0.39 is 9.85 Å². The quantitative estimate of drug-likeness (QED) is 0.288. The van der Waals surface area contributed by atoms with E-state index in [9.17, 15) is 20.2 Å². The first-order valence-electron chi connectivity index (χ1n) is 11.7. The Kier molecular flexibility index (Phi) is 8.19. The number of benzene rings is 2. The average Bonchev–Trinajstić information content (AvgIpc) is 2.89. The van der Waals surface area contributed by atoms with Gasteiger partial charge in [-0.15, -0.1) is 0 Å². The molecule has 12 nitrogen and oxygen atoms in total. The van der Waals surface area contributed by atoms with Gasteiger partial charge in [-0.3, -0.25) is 25.1 Å². The first kappa shape index (κ1) is 24.8. The molecule has 1 fully saturated rings. The molecule has 12 heteroatoms. The van der Waals surface area contributed by atoms with Crippen molar-refractivity contribution >= 4 is 28.8 Å². The van der Waals surface area contributed by atoms with Gasteiger partial charge in [0.25, 0.3) is 5.69 Å². The van der Waals surface area contributed by atoms with Gasteiger partial charge in [0.2, 0.25) is 11.8 Å². The summed E-state index contributed by atoms with van der Waals surface area (Å²) in [7, 11) is 0. The Balaban J connectivity index is 1.38. The molecule has 2 aromatic carbocycles. The number of para-hydroxylation sites is 1. The second kappa shape index (κ2) is 11.9. The van der Waals surface area contributed by atoms with Crippen LogP contribution >= 0.6 is 0 Å². The minimum Gasteiger partial charge on any atom is -0.492 e. The maximum absolute atomic E-state index is 11.4. The molecule has 4 rings (SSSR count). The maximum Gasteiger partial charge on any atom is 0.329 e. The highest BCUT2D eigenvalue weighted by Gasteiger charge is 2.19. The van der Waals surface area contributed by atoms with E-state index in [2.05, 4.69) is 25.5 Å².